The van der Waals surface area contributed by atoms with Crippen molar-refractivity contribution in [1.82, 2.24) is 29.9 Å². The van der Waals surface area contributed by atoms with Gasteiger partial charge < -0.3 is 15.1 Å². The maximum absolute atomic E-state index is 13.4. The number of likely N-dealkylation sites (N-methyl/N-ethyl adjacent to an activating group) is 1. The molecule has 2 N–H and O–H groups in total. The maximum Gasteiger partial charge on any atom is 0.321 e. The van der Waals surface area contributed by atoms with Crippen molar-refractivity contribution in [2.45, 2.75) is 51.9 Å². The van der Waals surface area contributed by atoms with Gasteiger partial charge in [-0.05, 0) is 46.9 Å². The number of fused-ring (bicyclic) bond motifs is 1. The van der Waals surface area contributed by atoms with E-state index in [1.165, 1.54) is 0 Å². The molecule has 9 nitrogen and oxygen atoms in total. The molecule has 2 aliphatic rings. The molecule has 0 aromatic carbocycles. The second-order valence-electron chi connectivity index (χ2n) is 8.89. The van der Waals surface area contributed by atoms with E-state index >= 15 is 0 Å². The lowest BCUT2D eigenvalue weighted by atomic mass is 9.97. The molecule has 0 aliphatic carbocycles. The Balaban J connectivity index is 1.51. The highest BCUT2D eigenvalue weighted by atomic mass is 16.2. The van der Waals surface area contributed by atoms with Crippen LogP contribution in [-0.4, -0.2) is 73.5 Å². The Bertz CT molecular complexity index is 956. The summed E-state index contributed by atoms with van der Waals surface area (Å²) in [5.41, 5.74) is 1.95. The van der Waals surface area contributed by atoms with Crippen LogP contribution in [0.2, 0.25) is 0 Å². The molecule has 1 saturated heterocycles. The number of nitrogens with one attached hydrogen (secondary N) is 2. The van der Waals surface area contributed by atoms with Crippen LogP contribution >= 0.6 is 0 Å². The number of carbonyl (C=O) groups is 2. The Hall–Kier alpha value is -2.94. The second-order valence-corrected chi connectivity index (χ2v) is 8.89. The maximum atomic E-state index is 13.4. The largest absolute Gasteiger partial charge is 0.321 e. The van der Waals surface area contributed by atoms with Crippen molar-refractivity contribution in [3.05, 3.63) is 41.3 Å². The molecule has 9 heteroatoms. The Morgan fingerprint density at radius 3 is 2.70 bits per heavy atom. The number of carbonyl (C=O) groups excluding carboxylic acids is 2. The van der Waals surface area contributed by atoms with Crippen molar-refractivity contribution in [2.24, 2.45) is 0 Å². The number of urea groups is 1. The first kappa shape index (κ1) is 20.3. The van der Waals surface area contributed by atoms with Crippen molar-refractivity contribution in [3.8, 4) is 0 Å². The summed E-state index contributed by atoms with van der Waals surface area (Å²) < 4.78 is 0. The molecular formula is C21H29N7O2. The van der Waals surface area contributed by atoms with Gasteiger partial charge in [-0.1, -0.05) is 6.07 Å². The molecule has 0 spiro atoms. The summed E-state index contributed by atoms with van der Waals surface area (Å²) >= 11 is 0. The molecule has 0 radical (unpaired) electrons. The van der Waals surface area contributed by atoms with Gasteiger partial charge >= 0.3 is 6.03 Å². The molecule has 1 unspecified atom stereocenters. The van der Waals surface area contributed by atoms with Crippen LogP contribution in [-0.2, 0) is 6.54 Å². The lowest BCUT2D eigenvalue weighted by molar-refractivity contribution is 0.0135. The molecule has 2 aliphatic heterocycles. The van der Waals surface area contributed by atoms with Gasteiger partial charge in [0.1, 0.15) is 5.69 Å². The average Bonchev–Trinajstić information content (AvgIpc) is 3.25. The number of aromatic nitrogens is 3. The van der Waals surface area contributed by atoms with E-state index in [0.29, 0.717) is 24.6 Å². The van der Waals surface area contributed by atoms with Gasteiger partial charge in [0, 0.05) is 36.4 Å². The van der Waals surface area contributed by atoms with Crippen molar-refractivity contribution < 1.29 is 9.59 Å². The lowest BCUT2D eigenvalue weighted by Gasteiger charge is -2.49. The molecule has 0 saturated carbocycles. The molecule has 4 rings (SSSR count). The minimum absolute atomic E-state index is 0.0165. The highest BCUT2D eigenvalue weighted by molar-refractivity contribution is 6.02. The van der Waals surface area contributed by atoms with E-state index in [9.17, 15) is 9.59 Å². The first-order valence-electron chi connectivity index (χ1n) is 10.3. The van der Waals surface area contributed by atoms with Crippen molar-refractivity contribution in [3.63, 3.8) is 0 Å². The number of rotatable bonds is 2. The van der Waals surface area contributed by atoms with E-state index in [1.54, 1.807) is 24.4 Å². The first-order chi connectivity index (χ1) is 14.2. The quantitative estimate of drug-likeness (QED) is 0.791. The standard InChI is InChI=1S/C21H29N7O2/c1-13-10-26(5)21(3,4)12-28(13)20(30)27-11-15-17(14(27)2)24-25-18(15)23-19(29)16-8-6-7-9-22-16/h6-9,13-14H,10-12H2,1-5H3,(H2,23,24,25,29)/t13-,14?/m0/s1. The molecule has 0 bridgehead atoms. The third-order valence-corrected chi connectivity index (χ3v) is 6.39. The monoisotopic (exact) mass is 411 g/mol. The van der Waals surface area contributed by atoms with Crippen molar-refractivity contribution in [1.29, 1.82) is 0 Å². The van der Waals surface area contributed by atoms with E-state index in [-0.39, 0.29) is 29.6 Å². The number of aromatic amines is 1. The van der Waals surface area contributed by atoms with Gasteiger partial charge in [0.15, 0.2) is 5.82 Å². The van der Waals surface area contributed by atoms with Gasteiger partial charge in [-0.25, -0.2) is 4.79 Å². The number of piperazine rings is 1. The van der Waals surface area contributed by atoms with E-state index in [4.69, 9.17) is 0 Å². The summed E-state index contributed by atoms with van der Waals surface area (Å²) in [4.78, 5) is 36.1. The van der Waals surface area contributed by atoms with Gasteiger partial charge in [0.05, 0.1) is 18.3 Å². The smallest absolute Gasteiger partial charge is 0.319 e. The fraction of sp³-hybridized carbons (Fsp3) is 0.524. The highest BCUT2D eigenvalue weighted by Crippen LogP contribution is 2.37. The summed E-state index contributed by atoms with van der Waals surface area (Å²) in [7, 11) is 2.10. The van der Waals surface area contributed by atoms with Crippen molar-refractivity contribution >= 4 is 17.8 Å². The highest BCUT2D eigenvalue weighted by Gasteiger charge is 2.42. The number of anilines is 1. The third-order valence-electron chi connectivity index (χ3n) is 6.39. The SMILES string of the molecule is CC1c2[nH]nc(NC(=O)c3ccccn3)c2CN1C(=O)N1CC(C)(C)N(C)C[C@@H]1C. The van der Waals surface area contributed by atoms with E-state index in [2.05, 4.69) is 53.2 Å². The number of pyridine rings is 1. The van der Waals surface area contributed by atoms with E-state index < -0.39 is 0 Å². The fourth-order valence-corrected chi connectivity index (χ4v) is 4.21. The number of H-pyrrole nitrogens is 1. The molecule has 1 fully saturated rings. The molecule has 4 heterocycles. The Kier molecular flexibility index (Phi) is 5.01. The lowest BCUT2D eigenvalue weighted by Crippen LogP contribution is -2.64. The molecule has 2 aromatic heterocycles. The summed E-state index contributed by atoms with van der Waals surface area (Å²) in [6.07, 6.45) is 1.57. The molecule has 2 atom stereocenters. The topological polar surface area (TPSA) is 97.5 Å². The summed E-state index contributed by atoms with van der Waals surface area (Å²) in [6.45, 7) is 10.3. The summed E-state index contributed by atoms with van der Waals surface area (Å²) in [5.74, 6) is 0.131. The molecule has 160 valence electrons. The fourth-order valence-electron chi connectivity index (χ4n) is 4.21. The summed E-state index contributed by atoms with van der Waals surface area (Å²) in [5, 5.41) is 10.1. The Morgan fingerprint density at radius 1 is 1.23 bits per heavy atom. The number of hydrogen-bond donors (Lipinski definition) is 2. The number of nitrogens with zero attached hydrogens (tertiary/aromatic N) is 5. The zero-order valence-electron chi connectivity index (χ0n) is 18.1. The molecule has 2 aromatic rings. The predicted octanol–water partition coefficient (Wildman–Crippen LogP) is 2.47. The zero-order chi connectivity index (χ0) is 21.6. The Morgan fingerprint density at radius 2 is 2.00 bits per heavy atom. The van der Waals surface area contributed by atoms with E-state index in [1.807, 2.05) is 16.7 Å². The average molecular weight is 412 g/mol. The van der Waals surface area contributed by atoms with Gasteiger partial charge in [0.25, 0.3) is 5.91 Å². The van der Waals surface area contributed by atoms with Crippen LogP contribution in [0.4, 0.5) is 10.6 Å². The van der Waals surface area contributed by atoms with Crippen LogP contribution in [0.25, 0.3) is 0 Å². The van der Waals surface area contributed by atoms with Crippen LogP contribution in [0, 0.1) is 0 Å². The van der Waals surface area contributed by atoms with Gasteiger partial charge in [0.2, 0.25) is 0 Å². The van der Waals surface area contributed by atoms with Crippen LogP contribution in [0.3, 0.4) is 0 Å². The normalized spacial score (nSPS) is 23.4. The van der Waals surface area contributed by atoms with Crippen LogP contribution in [0.1, 0.15) is 55.5 Å². The molecule has 3 amide bonds. The number of amides is 3. The Labute approximate surface area is 176 Å². The van der Waals surface area contributed by atoms with Crippen LogP contribution in [0.5, 0.6) is 0 Å². The number of hydrogen-bond acceptors (Lipinski definition) is 5. The van der Waals surface area contributed by atoms with Gasteiger partial charge in [-0.2, -0.15) is 5.10 Å². The minimum Gasteiger partial charge on any atom is -0.319 e. The molecular weight excluding hydrogens is 382 g/mol. The molecule has 30 heavy (non-hydrogen) atoms. The van der Waals surface area contributed by atoms with E-state index in [0.717, 1.165) is 17.8 Å². The second kappa shape index (κ2) is 7.39. The predicted molar refractivity (Wildman–Crippen MR) is 113 cm³/mol. The zero-order valence-corrected chi connectivity index (χ0v) is 18.1. The third kappa shape index (κ3) is 3.43. The van der Waals surface area contributed by atoms with Crippen molar-refractivity contribution in [2.75, 3.05) is 25.5 Å². The van der Waals surface area contributed by atoms with Crippen LogP contribution in [0.15, 0.2) is 24.4 Å². The summed E-state index contributed by atoms with van der Waals surface area (Å²) in [6, 6.07) is 5.17. The van der Waals surface area contributed by atoms with Gasteiger partial charge in [-0.3, -0.25) is 19.8 Å². The van der Waals surface area contributed by atoms with Gasteiger partial charge in [-0.15, -0.1) is 0 Å². The minimum atomic E-state index is -0.322. The first-order valence-corrected chi connectivity index (χ1v) is 10.3. The van der Waals surface area contributed by atoms with Crippen LogP contribution < -0.4 is 5.32 Å².